The standard InChI is InChI=1S/C54H32N2O2/c1-2-13-33(14-3-1)42-31-44-37-16-5-8-20-46(37)55(35-26-28-53-45(30-35)40-18-7-10-23-51(40)57-53)50(44)32-43(42)34-25-27-38-36-15-4-9-21-47(36)56(49(38)29-34)48-22-12-19-41-39-17-6-11-24-52(39)58-54(41)48/h1-32H. The fourth-order valence-electron chi connectivity index (χ4n) is 9.55. The van der Waals surface area contributed by atoms with Crippen LogP contribution in [0.15, 0.2) is 203 Å². The van der Waals surface area contributed by atoms with Gasteiger partial charge < -0.3 is 18.0 Å². The summed E-state index contributed by atoms with van der Waals surface area (Å²) in [6.45, 7) is 0. The first-order valence-corrected chi connectivity index (χ1v) is 19.8. The first-order chi connectivity index (χ1) is 28.8. The molecule has 9 aromatic carbocycles. The van der Waals surface area contributed by atoms with Crippen molar-refractivity contribution in [3.05, 3.63) is 194 Å². The van der Waals surface area contributed by atoms with Crippen LogP contribution in [0.1, 0.15) is 0 Å². The summed E-state index contributed by atoms with van der Waals surface area (Å²) in [5, 5.41) is 9.29. The molecule has 0 bridgehead atoms. The fourth-order valence-corrected chi connectivity index (χ4v) is 9.55. The number of rotatable bonds is 4. The minimum atomic E-state index is 0.884. The monoisotopic (exact) mass is 740 g/mol. The van der Waals surface area contributed by atoms with Crippen molar-refractivity contribution in [1.82, 2.24) is 9.13 Å². The van der Waals surface area contributed by atoms with Crippen LogP contribution in [0.4, 0.5) is 0 Å². The van der Waals surface area contributed by atoms with E-state index in [0.717, 1.165) is 82.9 Å². The molecule has 0 amide bonds. The lowest BCUT2D eigenvalue weighted by molar-refractivity contribution is 0.666. The van der Waals surface area contributed by atoms with Crippen LogP contribution in [0.5, 0.6) is 0 Å². The summed E-state index contributed by atoms with van der Waals surface area (Å²) in [7, 11) is 0. The zero-order valence-corrected chi connectivity index (χ0v) is 31.2. The minimum Gasteiger partial charge on any atom is -0.456 e. The van der Waals surface area contributed by atoms with Gasteiger partial charge in [-0.2, -0.15) is 0 Å². The van der Waals surface area contributed by atoms with E-state index in [2.05, 4.69) is 185 Å². The molecule has 0 saturated carbocycles. The van der Waals surface area contributed by atoms with Crippen molar-refractivity contribution in [2.75, 3.05) is 0 Å². The van der Waals surface area contributed by atoms with E-state index in [9.17, 15) is 0 Å². The third kappa shape index (κ3) is 4.40. The third-order valence-corrected chi connectivity index (χ3v) is 12.1. The molecule has 4 nitrogen and oxygen atoms in total. The van der Waals surface area contributed by atoms with Gasteiger partial charge in [-0.05, 0) is 89.0 Å². The van der Waals surface area contributed by atoms with E-state index in [1.807, 2.05) is 18.2 Å². The quantitative estimate of drug-likeness (QED) is 0.180. The molecule has 0 aliphatic carbocycles. The molecule has 0 radical (unpaired) electrons. The molecule has 270 valence electrons. The topological polar surface area (TPSA) is 36.1 Å². The second kappa shape index (κ2) is 11.8. The lowest BCUT2D eigenvalue weighted by Gasteiger charge is -2.15. The van der Waals surface area contributed by atoms with Crippen LogP contribution in [0, 0.1) is 0 Å². The van der Waals surface area contributed by atoms with Crippen molar-refractivity contribution in [1.29, 1.82) is 0 Å². The Morgan fingerprint density at radius 2 is 0.879 bits per heavy atom. The molecule has 4 aromatic heterocycles. The van der Waals surface area contributed by atoms with Crippen molar-refractivity contribution in [3.63, 3.8) is 0 Å². The molecule has 0 aliphatic heterocycles. The van der Waals surface area contributed by atoms with Gasteiger partial charge in [0, 0.05) is 48.8 Å². The van der Waals surface area contributed by atoms with E-state index >= 15 is 0 Å². The third-order valence-electron chi connectivity index (χ3n) is 12.1. The van der Waals surface area contributed by atoms with Crippen LogP contribution in [0.2, 0.25) is 0 Å². The average Bonchev–Trinajstić information content (AvgIpc) is 4.03. The van der Waals surface area contributed by atoms with E-state index in [0.29, 0.717) is 0 Å². The van der Waals surface area contributed by atoms with Gasteiger partial charge in [0.1, 0.15) is 16.7 Å². The second-order valence-corrected chi connectivity index (χ2v) is 15.2. The van der Waals surface area contributed by atoms with Gasteiger partial charge in [-0.15, -0.1) is 0 Å². The van der Waals surface area contributed by atoms with Crippen LogP contribution in [0.3, 0.4) is 0 Å². The zero-order valence-electron chi connectivity index (χ0n) is 31.2. The van der Waals surface area contributed by atoms with Crippen LogP contribution in [0.25, 0.3) is 121 Å². The Morgan fingerprint density at radius 1 is 0.293 bits per heavy atom. The van der Waals surface area contributed by atoms with Crippen LogP contribution in [-0.2, 0) is 0 Å². The van der Waals surface area contributed by atoms with Crippen molar-refractivity contribution in [3.8, 4) is 33.6 Å². The molecule has 0 aliphatic rings. The second-order valence-electron chi connectivity index (χ2n) is 15.2. The molecule has 13 aromatic rings. The highest BCUT2D eigenvalue weighted by Crippen LogP contribution is 2.44. The van der Waals surface area contributed by atoms with Gasteiger partial charge in [-0.25, -0.2) is 0 Å². The van der Waals surface area contributed by atoms with Gasteiger partial charge in [0.05, 0.1) is 27.8 Å². The highest BCUT2D eigenvalue weighted by atomic mass is 16.3. The van der Waals surface area contributed by atoms with E-state index in [4.69, 9.17) is 8.83 Å². The summed E-state index contributed by atoms with van der Waals surface area (Å²) in [5.41, 5.74) is 14.9. The number of hydrogen-bond donors (Lipinski definition) is 0. The summed E-state index contributed by atoms with van der Waals surface area (Å²) in [6, 6.07) is 69.7. The maximum absolute atomic E-state index is 6.65. The molecule has 0 spiro atoms. The molecule has 4 heteroatoms. The number of fused-ring (bicyclic) bond motifs is 12. The Morgan fingerprint density at radius 3 is 1.69 bits per heavy atom. The van der Waals surface area contributed by atoms with Gasteiger partial charge in [-0.3, -0.25) is 0 Å². The van der Waals surface area contributed by atoms with E-state index in [-0.39, 0.29) is 0 Å². The van der Waals surface area contributed by atoms with E-state index in [1.54, 1.807) is 0 Å². The lowest BCUT2D eigenvalue weighted by atomic mass is 9.92. The average molecular weight is 741 g/mol. The molecule has 0 fully saturated rings. The highest BCUT2D eigenvalue weighted by molar-refractivity contribution is 6.16. The predicted octanol–water partition coefficient (Wildman–Crippen LogP) is 15.0. The molecule has 0 N–H and O–H groups in total. The summed E-state index contributed by atoms with van der Waals surface area (Å²) in [4.78, 5) is 0. The molecule has 58 heavy (non-hydrogen) atoms. The van der Waals surface area contributed by atoms with Crippen molar-refractivity contribution < 1.29 is 8.83 Å². The van der Waals surface area contributed by atoms with Crippen LogP contribution >= 0.6 is 0 Å². The predicted molar refractivity (Wildman–Crippen MR) is 241 cm³/mol. The number of aromatic nitrogens is 2. The lowest BCUT2D eigenvalue weighted by Crippen LogP contribution is -1.96. The van der Waals surface area contributed by atoms with Crippen molar-refractivity contribution >= 4 is 87.5 Å². The molecule has 0 atom stereocenters. The summed E-state index contributed by atoms with van der Waals surface area (Å²) in [6.07, 6.45) is 0. The summed E-state index contributed by atoms with van der Waals surface area (Å²) >= 11 is 0. The molecule has 4 heterocycles. The summed E-state index contributed by atoms with van der Waals surface area (Å²) in [5.74, 6) is 0. The maximum Gasteiger partial charge on any atom is 0.159 e. The number of furan rings is 2. The zero-order chi connectivity index (χ0) is 37.9. The smallest absolute Gasteiger partial charge is 0.159 e. The highest BCUT2D eigenvalue weighted by Gasteiger charge is 2.21. The van der Waals surface area contributed by atoms with E-state index < -0.39 is 0 Å². The molecular weight excluding hydrogens is 709 g/mol. The Kier molecular flexibility index (Phi) is 6.41. The Labute approximate surface area is 332 Å². The number of hydrogen-bond acceptors (Lipinski definition) is 2. The van der Waals surface area contributed by atoms with Gasteiger partial charge in [0.15, 0.2) is 5.58 Å². The Hall–Kier alpha value is -7.82. The first kappa shape index (κ1) is 31.4. The fraction of sp³-hybridized carbons (Fsp3) is 0. The molecule has 0 unspecified atom stereocenters. The molecular formula is C54H32N2O2. The Bertz CT molecular complexity index is 3800. The van der Waals surface area contributed by atoms with Gasteiger partial charge in [0.25, 0.3) is 0 Å². The Balaban J connectivity index is 1.11. The van der Waals surface area contributed by atoms with E-state index in [1.165, 1.54) is 38.2 Å². The first-order valence-electron chi connectivity index (χ1n) is 19.8. The van der Waals surface area contributed by atoms with Crippen LogP contribution < -0.4 is 0 Å². The SMILES string of the molecule is c1ccc(-c2cc3c4ccccc4n(-c4ccc5oc6ccccc6c5c4)c3cc2-c2ccc3c4ccccc4n(-c4cccc5c4oc4ccccc45)c3c2)cc1. The minimum absolute atomic E-state index is 0.884. The normalized spacial score (nSPS) is 12.1. The van der Waals surface area contributed by atoms with Crippen LogP contribution in [-0.4, -0.2) is 9.13 Å². The van der Waals surface area contributed by atoms with Gasteiger partial charge in [-0.1, -0.05) is 127 Å². The number of nitrogens with zero attached hydrogens (tertiary/aromatic N) is 2. The summed E-state index contributed by atoms with van der Waals surface area (Å²) < 4.78 is 17.7. The maximum atomic E-state index is 6.65. The van der Waals surface area contributed by atoms with Crippen molar-refractivity contribution in [2.45, 2.75) is 0 Å². The van der Waals surface area contributed by atoms with Crippen molar-refractivity contribution in [2.24, 2.45) is 0 Å². The molecule has 13 rings (SSSR count). The van der Waals surface area contributed by atoms with Gasteiger partial charge in [0.2, 0.25) is 0 Å². The molecule has 0 saturated heterocycles. The number of benzene rings is 9. The van der Waals surface area contributed by atoms with Gasteiger partial charge >= 0.3 is 0 Å². The number of para-hydroxylation sites is 5. The largest absolute Gasteiger partial charge is 0.456 e.